The SMILES string of the molecule is Cc1cc(C)c2oc(C#N)c(C(C)(C)C)c2c1. The molecule has 2 rings (SSSR count). The molecule has 0 saturated carbocycles. The average molecular weight is 227 g/mol. The number of hydrogen-bond donors (Lipinski definition) is 0. The molecule has 1 aromatic carbocycles. The van der Waals surface area contributed by atoms with Crippen molar-refractivity contribution in [2.75, 3.05) is 0 Å². The zero-order valence-corrected chi connectivity index (χ0v) is 11.0. The maximum absolute atomic E-state index is 9.20. The molecule has 0 aliphatic carbocycles. The van der Waals surface area contributed by atoms with Crippen LogP contribution in [0.25, 0.3) is 11.0 Å². The first-order chi connectivity index (χ1) is 7.84. The van der Waals surface area contributed by atoms with Crippen LogP contribution in [0.2, 0.25) is 0 Å². The minimum Gasteiger partial charge on any atom is -0.445 e. The molecule has 0 atom stereocenters. The highest BCUT2D eigenvalue weighted by Gasteiger charge is 2.25. The van der Waals surface area contributed by atoms with Gasteiger partial charge in [0.15, 0.2) is 0 Å². The molecular formula is C15H17NO. The fraction of sp³-hybridized carbons (Fsp3) is 0.400. The number of hydrogen-bond acceptors (Lipinski definition) is 2. The molecule has 0 radical (unpaired) electrons. The molecule has 0 spiro atoms. The van der Waals surface area contributed by atoms with Gasteiger partial charge in [0.2, 0.25) is 5.76 Å². The smallest absolute Gasteiger partial charge is 0.208 e. The van der Waals surface area contributed by atoms with E-state index < -0.39 is 0 Å². The standard InChI is InChI=1S/C15H17NO/c1-9-6-10(2)14-11(7-9)13(15(3,4)5)12(8-16)17-14/h6-7H,1-5H3. The van der Waals surface area contributed by atoms with E-state index in [1.165, 1.54) is 5.56 Å². The van der Waals surface area contributed by atoms with Crippen molar-refractivity contribution in [2.45, 2.75) is 40.0 Å². The molecule has 0 aliphatic rings. The Morgan fingerprint density at radius 1 is 1.18 bits per heavy atom. The third-order valence-corrected chi connectivity index (χ3v) is 2.97. The van der Waals surface area contributed by atoms with E-state index in [9.17, 15) is 5.26 Å². The summed E-state index contributed by atoms with van der Waals surface area (Å²) in [5.74, 6) is 0.446. The normalized spacial score (nSPS) is 11.8. The van der Waals surface area contributed by atoms with Gasteiger partial charge in [-0.2, -0.15) is 5.26 Å². The topological polar surface area (TPSA) is 36.9 Å². The summed E-state index contributed by atoms with van der Waals surface area (Å²) < 4.78 is 5.70. The first-order valence-electron chi connectivity index (χ1n) is 5.79. The van der Waals surface area contributed by atoms with Crippen molar-refractivity contribution in [1.82, 2.24) is 0 Å². The maximum Gasteiger partial charge on any atom is 0.208 e. The van der Waals surface area contributed by atoms with E-state index in [1.807, 2.05) is 6.92 Å². The summed E-state index contributed by atoms with van der Waals surface area (Å²) in [5, 5.41) is 10.3. The van der Waals surface area contributed by atoms with E-state index in [2.05, 4.69) is 45.9 Å². The van der Waals surface area contributed by atoms with Crippen LogP contribution in [0.15, 0.2) is 16.5 Å². The minimum absolute atomic E-state index is 0.0868. The fourth-order valence-corrected chi connectivity index (χ4v) is 2.37. The molecule has 1 heterocycles. The predicted octanol–water partition coefficient (Wildman–Crippen LogP) is 4.22. The largest absolute Gasteiger partial charge is 0.445 e. The van der Waals surface area contributed by atoms with Gasteiger partial charge in [-0.15, -0.1) is 0 Å². The second-order valence-electron chi connectivity index (χ2n) is 5.63. The Morgan fingerprint density at radius 3 is 2.35 bits per heavy atom. The van der Waals surface area contributed by atoms with Crippen molar-refractivity contribution in [2.24, 2.45) is 0 Å². The number of fused-ring (bicyclic) bond motifs is 1. The van der Waals surface area contributed by atoms with Crippen molar-refractivity contribution >= 4 is 11.0 Å². The van der Waals surface area contributed by atoms with Crippen molar-refractivity contribution in [3.05, 3.63) is 34.6 Å². The third kappa shape index (κ3) is 1.82. The Morgan fingerprint density at radius 2 is 1.82 bits per heavy atom. The van der Waals surface area contributed by atoms with Crippen molar-refractivity contribution < 1.29 is 4.42 Å². The van der Waals surface area contributed by atoms with Crippen LogP contribution in [-0.4, -0.2) is 0 Å². The molecule has 0 N–H and O–H groups in total. The Balaban J connectivity index is 2.95. The van der Waals surface area contributed by atoms with Gasteiger partial charge in [0.25, 0.3) is 0 Å². The number of rotatable bonds is 0. The molecule has 0 saturated heterocycles. The van der Waals surface area contributed by atoms with Crippen molar-refractivity contribution in [1.29, 1.82) is 5.26 Å². The maximum atomic E-state index is 9.20. The molecule has 2 nitrogen and oxygen atoms in total. The quantitative estimate of drug-likeness (QED) is 0.675. The lowest BCUT2D eigenvalue weighted by atomic mass is 9.84. The molecule has 17 heavy (non-hydrogen) atoms. The molecule has 2 aromatic rings. The lowest BCUT2D eigenvalue weighted by molar-refractivity contribution is 0.545. The Labute approximate surface area is 102 Å². The molecule has 0 bridgehead atoms. The highest BCUT2D eigenvalue weighted by atomic mass is 16.3. The number of nitriles is 1. The van der Waals surface area contributed by atoms with E-state index in [0.29, 0.717) is 5.76 Å². The summed E-state index contributed by atoms with van der Waals surface area (Å²) in [7, 11) is 0. The number of benzene rings is 1. The van der Waals surface area contributed by atoms with Gasteiger partial charge in [-0.1, -0.05) is 26.8 Å². The third-order valence-electron chi connectivity index (χ3n) is 2.97. The van der Waals surface area contributed by atoms with E-state index in [-0.39, 0.29) is 5.41 Å². The summed E-state index contributed by atoms with van der Waals surface area (Å²) in [6.07, 6.45) is 0. The zero-order chi connectivity index (χ0) is 12.8. The fourth-order valence-electron chi connectivity index (χ4n) is 2.37. The Kier molecular flexibility index (Phi) is 2.50. The molecule has 0 amide bonds. The van der Waals surface area contributed by atoms with E-state index in [0.717, 1.165) is 22.1 Å². The van der Waals surface area contributed by atoms with E-state index in [1.54, 1.807) is 0 Å². The highest BCUT2D eigenvalue weighted by Crippen LogP contribution is 2.36. The Bertz CT molecular complexity index is 621. The summed E-state index contributed by atoms with van der Waals surface area (Å²) in [6, 6.07) is 6.36. The first kappa shape index (κ1) is 11.7. The van der Waals surface area contributed by atoms with E-state index >= 15 is 0 Å². The van der Waals surface area contributed by atoms with Gasteiger partial charge >= 0.3 is 0 Å². The second kappa shape index (κ2) is 3.63. The molecular weight excluding hydrogens is 210 g/mol. The molecule has 1 aromatic heterocycles. The molecule has 0 fully saturated rings. The van der Waals surface area contributed by atoms with E-state index in [4.69, 9.17) is 4.42 Å². The van der Waals surface area contributed by atoms with Crippen LogP contribution in [0.5, 0.6) is 0 Å². The lowest BCUT2D eigenvalue weighted by Crippen LogP contribution is -2.12. The predicted molar refractivity (Wildman–Crippen MR) is 69.1 cm³/mol. The van der Waals surface area contributed by atoms with Gasteiger partial charge in [0.05, 0.1) is 0 Å². The van der Waals surface area contributed by atoms with Gasteiger partial charge in [-0.3, -0.25) is 0 Å². The van der Waals surface area contributed by atoms with Crippen LogP contribution in [0.1, 0.15) is 43.2 Å². The number of furan rings is 1. The van der Waals surface area contributed by atoms with Gasteiger partial charge in [-0.05, 0) is 36.5 Å². The number of nitrogens with zero attached hydrogens (tertiary/aromatic N) is 1. The van der Waals surface area contributed by atoms with Crippen LogP contribution in [-0.2, 0) is 5.41 Å². The Hall–Kier alpha value is -1.75. The van der Waals surface area contributed by atoms with Crippen molar-refractivity contribution in [3.63, 3.8) is 0 Å². The number of aryl methyl sites for hydroxylation is 2. The summed E-state index contributed by atoms with van der Waals surface area (Å²) in [6.45, 7) is 10.4. The van der Waals surface area contributed by atoms with Gasteiger partial charge in [-0.25, -0.2) is 0 Å². The summed E-state index contributed by atoms with van der Waals surface area (Å²) >= 11 is 0. The molecule has 88 valence electrons. The first-order valence-corrected chi connectivity index (χ1v) is 5.79. The monoisotopic (exact) mass is 227 g/mol. The van der Waals surface area contributed by atoms with Crippen LogP contribution in [0.3, 0.4) is 0 Å². The van der Waals surface area contributed by atoms with Gasteiger partial charge < -0.3 is 4.42 Å². The summed E-state index contributed by atoms with van der Waals surface area (Å²) in [5.41, 5.74) is 4.06. The zero-order valence-electron chi connectivity index (χ0n) is 11.0. The van der Waals surface area contributed by atoms with Gasteiger partial charge in [0.1, 0.15) is 11.7 Å². The lowest BCUT2D eigenvalue weighted by Gasteiger charge is -2.17. The molecule has 0 aliphatic heterocycles. The van der Waals surface area contributed by atoms with Gasteiger partial charge in [0, 0.05) is 10.9 Å². The van der Waals surface area contributed by atoms with Crippen LogP contribution < -0.4 is 0 Å². The molecule has 2 heteroatoms. The average Bonchev–Trinajstić information content (AvgIpc) is 2.55. The molecule has 0 unspecified atom stereocenters. The second-order valence-corrected chi connectivity index (χ2v) is 5.63. The summed E-state index contributed by atoms with van der Waals surface area (Å²) in [4.78, 5) is 0. The van der Waals surface area contributed by atoms with Crippen LogP contribution in [0, 0.1) is 25.2 Å². The van der Waals surface area contributed by atoms with Crippen LogP contribution >= 0.6 is 0 Å². The minimum atomic E-state index is -0.0868. The van der Waals surface area contributed by atoms with Crippen molar-refractivity contribution in [3.8, 4) is 6.07 Å². The van der Waals surface area contributed by atoms with Crippen LogP contribution in [0.4, 0.5) is 0 Å². The highest BCUT2D eigenvalue weighted by molar-refractivity contribution is 5.87.